The number of rotatable bonds is 11. The zero-order valence-corrected chi connectivity index (χ0v) is 31.0. The number of piperazine rings is 1. The van der Waals surface area contributed by atoms with Crippen LogP contribution < -0.4 is 14.9 Å². The quantitative estimate of drug-likeness (QED) is 0.0752. The smallest absolute Gasteiger partial charge is 0.418 e. The van der Waals surface area contributed by atoms with Crippen LogP contribution in [0.3, 0.4) is 0 Å². The second kappa shape index (κ2) is 16.7. The number of carbonyl (C=O) groups is 2. The first-order valence-corrected chi connectivity index (χ1v) is 19.4. The van der Waals surface area contributed by atoms with Crippen molar-refractivity contribution in [2.24, 2.45) is 0 Å². The molecule has 6 rings (SSSR count). The molecule has 12 nitrogen and oxygen atoms in total. The summed E-state index contributed by atoms with van der Waals surface area (Å²) in [5.41, 5.74) is -3.10. The van der Waals surface area contributed by atoms with E-state index in [-0.39, 0.29) is 66.7 Å². The first-order chi connectivity index (χ1) is 27.0. The molecule has 1 aliphatic heterocycles. The molecule has 5 aromatic rings. The van der Waals surface area contributed by atoms with Crippen molar-refractivity contribution in [1.29, 1.82) is 0 Å². The predicted octanol–water partition coefficient (Wildman–Crippen LogP) is 6.57. The maximum Gasteiger partial charge on any atom is 0.418 e. The number of nitrogens with one attached hydrogen (secondary N) is 2. The topological polar surface area (TPSA) is 158 Å². The van der Waals surface area contributed by atoms with Crippen molar-refractivity contribution in [3.63, 3.8) is 0 Å². The molecule has 3 N–H and O–H groups in total. The Bertz CT molecular complexity index is 2360. The highest BCUT2D eigenvalue weighted by Gasteiger charge is 2.36. The van der Waals surface area contributed by atoms with Crippen molar-refractivity contribution < 1.29 is 49.5 Å². The van der Waals surface area contributed by atoms with Gasteiger partial charge in [-0.15, -0.1) is 22.0 Å². The number of carbonyl (C=O) groups excluding carboxylic acids is 2. The van der Waals surface area contributed by atoms with Gasteiger partial charge in [-0.3, -0.25) is 14.6 Å². The Morgan fingerprint density at radius 2 is 1.54 bits per heavy atom. The Labute approximate surface area is 326 Å². The summed E-state index contributed by atoms with van der Waals surface area (Å²) in [6.45, 7) is 0.624. The largest absolute Gasteiger partial charge is 0.506 e. The molecular weight excluding hydrogens is 801 g/mol. The summed E-state index contributed by atoms with van der Waals surface area (Å²) >= 11 is 1.42. The second-order valence-corrected chi connectivity index (χ2v) is 15.4. The zero-order chi connectivity index (χ0) is 41.0. The van der Waals surface area contributed by atoms with Crippen molar-refractivity contribution >= 4 is 45.1 Å². The van der Waals surface area contributed by atoms with E-state index in [9.17, 15) is 49.5 Å². The Hall–Kier alpha value is -5.89. The van der Waals surface area contributed by atoms with Crippen molar-refractivity contribution in [3.8, 4) is 16.9 Å². The summed E-state index contributed by atoms with van der Waals surface area (Å²) in [6.07, 6.45) is -7.30. The van der Waals surface area contributed by atoms with E-state index >= 15 is 0 Å². The van der Waals surface area contributed by atoms with Gasteiger partial charge in [0, 0.05) is 66.4 Å². The molecule has 0 atom stereocenters. The van der Waals surface area contributed by atoms with Crippen LogP contribution in [0.2, 0.25) is 0 Å². The number of hydrogen-bond donors (Lipinski definition) is 3. The molecule has 2 amide bonds. The van der Waals surface area contributed by atoms with Crippen molar-refractivity contribution in [2.45, 2.75) is 22.1 Å². The molecule has 3 heterocycles. The molecule has 0 unspecified atom stereocenters. The van der Waals surface area contributed by atoms with Crippen LogP contribution in [-0.2, 0) is 22.4 Å². The fourth-order valence-electron chi connectivity index (χ4n) is 5.79. The van der Waals surface area contributed by atoms with E-state index in [4.69, 9.17) is 0 Å². The molecule has 0 spiro atoms. The van der Waals surface area contributed by atoms with E-state index in [0.717, 1.165) is 41.4 Å². The molecule has 0 aliphatic carbocycles. The molecule has 57 heavy (non-hydrogen) atoms. The Kier molecular flexibility index (Phi) is 11.9. The van der Waals surface area contributed by atoms with E-state index in [1.807, 2.05) is 30.3 Å². The lowest BCUT2D eigenvalue weighted by Crippen LogP contribution is -2.49. The van der Waals surface area contributed by atoms with Gasteiger partial charge >= 0.3 is 12.4 Å². The normalized spacial score (nSPS) is 13.6. The van der Waals surface area contributed by atoms with Crippen LogP contribution in [0.1, 0.15) is 32.0 Å². The van der Waals surface area contributed by atoms with Gasteiger partial charge in [-0.25, -0.2) is 13.1 Å². The van der Waals surface area contributed by atoms with Gasteiger partial charge in [-0.05, 0) is 72.3 Å². The number of anilines is 2. The summed E-state index contributed by atoms with van der Waals surface area (Å²) in [6, 6.07) is 18.2. The molecular formula is C37H31F6N7O5S2. The van der Waals surface area contributed by atoms with Crippen molar-refractivity contribution in [2.75, 3.05) is 48.7 Å². The minimum Gasteiger partial charge on any atom is -0.506 e. The minimum atomic E-state index is -4.92. The average Bonchev–Trinajstić information content (AvgIpc) is 3.18. The Morgan fingerprint density at radius 1 is 0.807 bits per heavy atom. The Balaban J connectivity index is 1.07. The van der Waals surface area contributed by atoms with Crippen LogP contribution in [0.15, 0.2) is 107 Å². The summed E-state index contributed by atoms with van der Waals surface area (Å²) in [7, 11) is -4.79. The molecule has 3 aromatic carbocycles. The fraction of sp³-hybridized carbons (Fsp3) is 0.216. The molecule has 0 saturated carbocycles. The fourth-order valence-corrected chi connectivity index (χ4v) is 7.56. The number of hydrogen-bond acceptors (Lipinski definition) is 11. The molecule has 1 aliphatic rings. The maximum absolute atomic E-state index is 14.0. The van der Waals surface area contributed by atoms with Crippen LogP contribution in [0.4, 0.5) is 37.8 Å². The number of aromatic hydroxyl groups is 1. The monoisotopic (exact) mass is 831 g/mol. The van der Waals surface area contributed by atoms with Gasteiger partial charge in [0.25, 0.3) is 21.8 Å². The molecule has 1 fully saturated rings. The third-order valence-electron chi connectivity index (χ3n) is 8.60. The van der Waals surface area contributed by atoms with Gasteiger partial charge in [-0.2, -0.15) is 26.3 Å². The molecule has 298 valence electrons. The summed E-state index contributed by atoms with van der Waals surface area (Å²) < 4.78 is 111. The minimum absolute atomic E-state index is 0.0312. The van der Waals surface area contributed by atoms with Gasteiger partial charge in [0.2, 0.25) is 0 Å². The van der Waals surface area contributed by atoms with Gasteiger partial charge in [-0.1, -0.05) is 18.2 Å². The van der Waals surface area contributed by atoms with E-state index in [1.54, 1.807) is 9.62 Å². The molecule has 2 aromatic heterocycles. The van der Waals surface area contributed by atoms with E-state index in [2.05, 4.69) is 20.5 Å². The van der Waals surface area contributed by atoms with Crippen LogP contribution in [0, 0.1) is 0 Å². The number of aromatic nitrogens is 3. The highest BCUT2D eigenvalue weighted by molar-refractivity contribution is 7.99. The molecule has 0 radical (unpaired) electrons. The van der Waals surface area contributed by atoms with Crippen LogP contribution >= 0.6 is 11.8 Å². The lowest BCUT2D eigenvalue weighted by molar-refractivity contribution is -0.138. The number of benzene rings is 3. The lowest BCUT2D eigenvalue weighted by atomic mass is 9.99. The summed E-state index contributed by atoms with van der Waals surface area (Å²) in [4.78, 5) is 33.2. The van der Waals surface area contributed by atoms with Gasteiger partial charge in [0.05, 0.1) is 22.2 Å². The number of thioether (sulfide) groups is 1. The predicted molar refractivity (Wildman–Crippen MR) is 198 cm³/mol. The average molecular weight is 832 g/mol. The van der Waals surface area contributed by atoms with E-state index in [1.165, 1.54) is 41.1 Å². The maximum atomic E-state index is 14.0. The third-order valence-corrected chi connectivity index (χ3v) is 10.9. The molecule has 0 bridgehead atoms. The van der Waals surface area contributed by atoms with Crippen molar-refractivity contribution in [3.05, 3.63) is 120 Å². The van der Waals surface area contributed by atoms with Crippen LogP contribution in [-0.4, -0.2) is 83.9 Å². The second-order valence-electron chi connectivity index (χ2n) is 12.5. The Morgan fingerprint density at radius 3 is 2.19 bits per heavy atom. The third kappa shape index (κ3) is 10.1. The number of pyridine rings is 1. The van der Waals surface area contributed by atoms with Crippen molar-refractivity contribution in [1.82, 2.24) is 24.8 Å². The zero-order valence-electron chi connectivity index (χ0n) is 29.4. The summed E-state index contributed by atoms with van der Waals surface area (Å²) in [5, 5.41) is 20.2. The van der Waals surface area contributed by atoms with Crippen LogP contribution in [0.25, 0.3) is 11.1 Å². The molecule has 1 saturated heterocycles. The van der Waals surface area contributed by atoms with E-state index < -0.39 is 55.9 Å². The van der Waals surface area contributed by atoms with E-state index in [0.29, 0.717) is 11.8 Å². The van der Waals surface area contributed by atoms with Crippen LogP contribution in [0.5, 0.6) is 5.75 Å². The first kappa shape index (κ1) is 40.8. The van der Waals surface area contributed by atoms with Gasteiger partial charge in [0.15, 0.2) is 11.5 Å². The SMILES string of the molecule is O=C(NS(=O)(=O)c1ccc(NCCSc2ccccc2)c(C(F)(F)F)c1)c1ccc(N2CCN(C(=O)c3cc(-c4cncc(O)c4)cc(C(F)(F)F)c3)CC2)nn1. The standard InChI is InChI=1S/C37H31F6N7O5S2/c38-36(39,40)26-17-23(25-19-27(51)22-44-21-25)16-24(18-26)35(53)50-13-11-49(12-14-50)33-9-8-32(46-47-33)34(52)48-57(54,55)29-6-7-31(30(20-29)37(41,42)43)45-10-15-56-28-4-2-1-3-5-28/h1-9,16-22,45,51H,10-15H2,(H,48,52). The van der Waals surface area contributed by atoms with Gasteiger partial charge in [0.1, 0.15) is 5.75 Å². The summed E-state index contributed by atoms with van der Waals surface area (Å²) in [5.74, 6) is -1.52. The number of sulfonamides is 1. The number of alkyl halides is 6. The highest BCUT2D eigenvalue weighted by atomic mass is 32.2. The number of halogens is 6. The first-order valence-electron chi connectivity index (χ1n) is 16.9. The molecule has 20 heteroatoms. The highest BCUT2D eigenvalue weighted by Crippen LogP contribution is 2.37. The number of nitrogens with zero attached hydrogens (tertiary/aromatic N) is 5. The lowest BCUT2D eigenvalue weighted by Gasteiger charge is -2.35. The van der Waals surface area contributed by atoms with Gasteiger partial charge < -0.3 is 20.2 Å². The number of amides is 2.